The summed E-state index contributed by atoms with van der Waals surface area (Å²) in [5.41, 5.74) is 1.44. The Hall–Kier alpha value is -2.97. The van der Waals surface area contributed by atoms with Crippen LogP contribution in [0.25, 0.3) is 0 Å². The van der Waals surface area contributed by atoms with E-state index < -0.39 is 5.82 Å². The van der Waals surface area contributed by atoms with Gasteiger partial charge in [-0.2, -0.15) is 15.0 Å². The van der Waals surface area contributed by atoms with Gasteiger partial charge in [0, 0.05) is 24.5 Å². The number of anilines is 5. The molecule has 1 saturated heterocycles. The van der Waals surface area contributed by atoms with E-state index in [1.54, 1.807) is 6.07 Å². The Morgan fingerprint density at radius 1 is 0.893 bits per heavy atom. The van der Waals surface area contributed by atoms with E-state index in [4.69, 9.17) is 16.3 Å². The van der Waals surface area contributed by atoms with E-state index >= 15 is 0 Å². The molecule has 1 fully saturated rings. The molecule has 2 aromatic carbocycles. The number of morpholine rings is 1. The largest absolute Gasteiger partial charge is 0.378 e. The number of ether oxygens (including phenoxy) is 1. The zero-order chi connectivity index (χ0) is 19.3. The molecule has 2 N–H and O–H groups in total. The second-order valence-corrected chi connectivity index (χ2v) is 6.53. The lowest BCUT2D eigenvalue weighted by atomic mass is 10.3. The average molecular weight is 401 g/mol. The minimum absolute atomic E-state index is 0.0232. The third-order valence-corrected chi connectivity index (χ3v) is 4.41. The fourth-order valence-electron chi connectivity index (χ4n) is 2.73. The first-order valence-corrected chi connectivity index (χ1v) is 9.18. The standard InChI is InChI=1S/C19H18ClFN6O/c20-15-12-14(6-7-16(15)21)23-18-24-17(22-13-4-2-1-3-5-13)25-19(26-18)27-8-10-28-11-9-27/h1-7,12H,8-11H2,(H2,22,23,24,25,26). The lowest BCUT2D eigenvalue weighted by Crippen LogP contribution is -2.37. The predicted octanol–water partition coefficient (Wildman–Crippen LogP) is 3.99. The molecule has 0 unspecified atom stereocenters. The molecular weight excluding hydrogens is 383 g/mol. The third kappa shape index (κ3) is 4.47. The molecule has 1 aliphatic rings. The lowest BCUT2D eigenvalue weighted by Gasteiger charge is -2.27. The molecule has 28 heavy (non-hydrogen) atoms. The second-order valence-electron chi connectivity index (χ2n) is 6.13. The van der Waals surface area contributed by atoms with Crippen LogP contribution in [-0.2, 0) is 4.74 Å². The first kappa shape index (κ1) is 18.4. The fraction of sp³-hybridized carbons (Fsp3) is 0.211. The van der Waals surface area contributed by atoms with Crippen molar-refractivity contribution in [2.24, 2.45) is 0 Å². The van der Waals surface area contributed by atoms with Crippen molar-refractivity contribution in [2.45, 2.75) is 0 Å². The van der Waals surface area contributed by atoms with E-state index in [0.29, 0.717) is 49.8 Å². The summed E-state index contributed by atoms with van der Waals surface area (Å²) in [4.78, 5) is 15.5. The van der Waals surface area contributed by atoms with E-state index in [9.17, 15) is 4.39 Å². The highest BCUT2D eigenvalue weighted by Crippen LogP contribution is 2.24. The average Bonchev–Trinajstić information content (AvgIpc) is 2.72. The Balaban J connectivity index is 1.65. The summed E-state index contributed by atoms with van der Waals surface area (Å²) in [6.45, 7) is 2.61. The molecule has 0 saturated carbocycles. The number of hydrogen-bond donors (Lipinski definition) is 2. The molecule has 0 amide bonds. The molecule has 0 aliphatic carbocycles. The molecule has 4 rings (SSSR count). The molecule has 144 valence electrons. The third-order valence-electron chi connectivity index (χ3n) is 4.12. The first-order valence-electron chi connectivity index (χ1n) is 8.80. The Labute approximate surface area is 166 Å². The number of halogens is 2. The van der Waals surface area contributed by atoms with Crippen LogP contribution in [0.3, 0.4) is 0 Å². The first-order chi connectivity index (χ1) is 13.7. The highest BCUT2D eigenvalue weighted by Gasteiger charge is 2.17. The molecule has 0 atom stereocenters. The van der Waals surface area contributed by atoms with E-state index in [0.717, 1.165) is 5.69 Å². The Bertz CT molecular complexity index is 952. The number of rotatable bonds is 5. The van der Waals surface area contributed by atoms with Crippen LogP contribution < -0.4 is 15.5 Å². The van der Waals surface area contributed by atoms with Crippen molar-refractivity contribution in [2.75, 3.05) is 41.8 Å². The zero-order valence-electron chi connectivity index (χ0n) is 14.9. The molecule has 2 heterocycles. The summed E-state index contributed by atoms with van der Waals surface area (Å²) < 4.78 is 18.8. The van der Waals surface area contributed by atoms with Crippen LogP contribution in [0.2, 0.25) is 5.02 Å². The van der Waals surface area contributed by atoms with Gasteiger partial charge in [0.15, 0.2) is 0 Å². The molecular formula is C19H18ClFN6O. The summed E-state index contributed by atoms with van der Waals surface area (Å²) in [5.74, 6) is 0.784. The van der Waals surface area contributed by atoms with Gasteiger partial charge in [0.2, 0.25) is 17.8 Å². The maximum Gasteiger partial charge on any atom is 0.233 e. The van der Waals surface area contributed by atoms with Gasteiger partial charge in [0.05, 0.1) is 18.2 Å². The van der Waals surface area contributed by atoms with Crippen LogP contribution in [0.5, 0.6) is 0 Å². The van der Waals surface area contributed by atoms with Crippen LogP contribution in [0.4, 0.5) is 33.6 Å². The fourth-order valence-corrected chi connectivity index (χ4v) is 2.92. The number of aromatic nitrogens is 3. The van der Waals surface area contributed by atoms with Crippen LogP contribution >= 0.6 is 11.6 Å². The van der Waals surface area contributed by atoms with Gasteiger partial charge in [0.1, 0.15) is 5.82 Å². The van der Waals surface area contributed by atoms with Crippen molar-refractivity contribution >= 4 is 40.8 Å². The second kappa shape index (κ2) is 8.37. The number of nitrogens with one attached hydrogen (secondary N) is 2. The monoisotopic (exact) mass is 400 g/mol. The van der Waals surface area contributed by atoms with Gasteiger partial charge in [-0.25, -0.2) is 4.39 Å². The number of hydrogen-bond acceptors (Lipinski definition) is 7. The smallest absolute Gasteiger partial charge is 0.233 e. The topological polar surface area (TPSA) is 75.2 Å². The molecule has 7 nitrogen and oxygen atoms in total. The van der Waals surface area contributed by atoms with Gasteiger partial charge in [0.25, 0.3) is 0 Å². The Morgan fingerprint density at radius 2 is 1.57 bits per heavy atom. The highest BCUT2D eigenvalue weighted by molar-refractivity contribution is 6.31. The van der Waals surface area contributed by atoms with Crippen LogP contribution in [0.1, 0.15) is 0 Å². The molecule has 1 aliphatic heterocycles. The van der Waals surface area contributed by atoms with E-state index in [2.05, 4.69) is 25.6 Å². The number of para-hydroxylation sites is 1. The summed E-state index contributed by atoms with van der Waals surface area (Å²) in [5, 5.41) is 6.27. The number of benzene rings is 2. The van der Waals surface area contributed by atoms with Crippen molar-refractivity contribution in [3.05, 3.63) is 59.4 Å². The predicted molar refractivity (Wildman–Crippen MR) is 107 cm³/mol. The van der Waals surface area contributed by atoms with Crippen molar-refractivity contribution < 1.29 is 9.13 Å². The summed E-state index contributed by atoms with van der Waals surface area (Å²) in [6.07, 6.45) is 0. The molecule has 9 heteroatoms. The van der Waals surface area contributed by atoms with Gasteiger partial charge in [-0.15, -0.1) is 0 Å². The molecule has 0 radical (unpaired) electrons. The van der Waals surface area contributed by atoms with Gasteiger partial charge in [-0.1, -0.05) is 29.8 Å². The maximum absolute atomic E-state index is 13.4. The zero-order valence-corrected chi connectivity index (χ0v) is 15.7. The summed E-state index contributed by atoms with van der Waals surface area (Å²) in [6, 6.07) is 14.0. The van der Waals surface area contributed by atoms with Crippen molar-refractivity contribution in [1.82, 2.24) is 15.0 Å². The number of nitrogens with zero attached hydrogens (tertiary/aromatic N) is 4. The van der Waals surface area contributed by atoms with Gasteiger partial charge >= 0.3 is 0 Å². The summed E-state index contributed by atoms with van der Waals surface area (Å²) >= 11 is 5.87. The van der Waals surface area contributed by atoms with E-state index in [1.165, 1.54) is 12.1 Å². The van der Waals surface area contributed by atoms with Crippen molar-refractivity contribution in [3.63, 3.8) is 0 Å². The maximum atomic E-state index is 13.4. The van der Waals surface area contributed by atoms with Crippen molar-refractivity contribution in [1.29, 1.82) is 0 Å². The molecule has 1 aromatic heterocycles. The molecule has 3 aromatic rings. The minimum Gasteiger partial charge on any atom is -0.378 e. The van der Waals surface area contributed by atoms with Crippen molar-refractivity contribution in [3.8, 4) is 0 Å². The van der Waals surface area contributed by atoms with Gasteiger partial charge in [-0.05, 0) is 30.3 Å². The highest BCUT2D eigenvalue weighted by atomic mass is 35.5. The SMILES string of the molecule is Fc1ccc(Nc2nc(Nc3ccccc3)nc(N3CCOCC3)n2)cc1Cl. The van der Waals surface area contributed by atoms with Crippen LogP contribution in [0.15, 0.2) is 48.5 Å². The molecule has 0 spiro atoms. The summed E-state index contributed by atoms with van der Waals surface area (Å²) in [7, 11) is 0. The van der Waals surface area contributed by atoms with Crippen LogP contribution in [-0.4, -0.2) is 41.3 Å². The lowest BCUT2D eigenvalue weighted by molar-refractivity contribution is 0.122. The Kier molecular flexibility index (Phi) is 5.50. The quantitative estimate of drug-likeness (QED) is 0.670. The Morgan fingerprint density at radius 3 is 2.25 bits per heavy atom. The van der Waals surface area contributed by atoms with E-state index in [-0.39, 0.29) is 5.02 Å². The van der Waals surface area contributed by atoms with Gasteiger partial charge < -0.3 is 20.3 Å². The van der Waals surface area contributed by atoms with E-state index in [1.807, 2.05) is 35.2 Å². The molecule has 0 bridgehead atoms. The van der Waals surface area contributed by atoms with Gasteiger partial charge in [-0.3, -0.25) is 0 Å². The normalized spacial score (nSPS) is 14.0. The minimum atomic E-state index is -0.483. The van der Waals surface area contributed by atoms with Crippen LogP contribution in [0, 0.1) is 5.82 Å².